The van der Waals surface area contributed by atoms with Gasteiger partial charge in [0.2, 0.25) is 0 Å². The van der Waals surface area contributed by atoms with Gasteiger partial charge >= 0.3 is 5.97 Å². The monoisotopic (exact) mass is 308 g/mol. The molecule has 1 atom stereocenters. The maximum absolute atomic E-state index is 13.2. The number of carboxylic acid groups (broad SMARTS) is 1. The first kappa shape index (κ1) is 15.0. The number of aliphatic carboxylic acids is 1. The molecule has 5 nitrogen and oxygen atoms in total. The molecular formula is C14H13FN2O3S. The van der Waals surface area contributed by atoms with Crippen molar-refractivity contribution in [1.29, 1.82) is 0 Å². The molecule has 1 amide bonds. The average molecular weight is 308 g/mol. The van der Waals surface area contributed by atoms with Crippen LogP contribution in [0, 0.1) is 5.82 Å². The van der Waals surface area contributed by atoms with Gasteiger partial charge in [0.1, 0.15) is 5.82 Å². The zero-order valence-corrected chi connectivity index (χ0v) is 11.7. The second-order valence-electron chi connectivity index (χ2n) is 4.37. The molecule has 4 N–H and O–H groups in total. The lowest BCUT2D eigenvalue weighted by atomic mass is 10.1. The minimum Gasteiger partial charge on any atom is -0.481 e. The standard InChI is InChI=1S/C14H13FN2O3S/c15-8-3-4-10(16)9(6-8)14(20)17-11(7-13(18)19)12-2-1-5-21-12/h1-6,11H,7,16H2,(H,17,20)(H,18,19). The molecule has 0 bridgehead atoms. The average Bonchev–Trinajstić information content (AvgIpc) is 2.94. The van der Waals surface area contributed by atoms with Crippen LogP contribution < -0.4 is 11.1 Å². The van der Waals surface area contributed by atoms with Gasteiger partial charge in [0.05, 0.1) is 18.0 Å². The van der Waals surface area contributed by atoms with Gasteiger partial charge in [-0.25, -0.2) is 4.39 Å². The second kappa shape index (κ2) is 6.36. The number of thiophene rings is 1. The highest BCUT2D eigenvalue weighted by Gasteiger charge is 2.21. The van der Waals surface area contributed by atoms with E-state index in [0.717, 1.165) is 12.1 Å². The van der Waals surface area contributed by atoms with Crippen molar-refractivity contribution >= 4 is 28.9 Å². The largest absolute Gasteiger partial charge is 0.481 e. The molecule has 0 spiro atoms. The molecule has 0 aliphatic carbocycles. The van der Waals surface area contributed by atoms with Crippen LogP contribution in [0.15, 0.2) is 35.7 Å². The molecule has 1 aromatic heterocycles. The molecular weight excluding hydrogens is 295 g/mol. The number of benzene rings is 1. The number of amides is 1. The summed E-state index contributed by atoms with van der Waals surface area (Å²) in [5.74, 6) is -2.23. The van der Waals surface area contributed by atoms with Crippen LogP contribution in [0.1, 0.15) is 27.7 Å². The number of nitrogen functional groups attached to an aromatic ring is 1. The van der Waals surface area contributed by atoms with E-state index in [9.17, 15) is 14.0 Å². The zero-order chi connectivity index (χ0) is 15.4. The van der Waals surface area contributed by atoms with Gasteiger partial charge in [-0.3, -0.25) is 9.59 Å². The topological polar surface area (TPSA) is 92.4 Å². The Morgan fingerprint density at radius 1 is 1.38 bits per heavy atom. The Morgan fingerprint density at radius 3 is 2.76 bits per heavy atom. The number of nitrogens with two attached hydrogens (primary N) is 1. The van der Waals surface area contributed by atoms with E-state index in [1.165, 1.54) is 17.4 Å². The Morgan fingerprint density at radius 2 is 2.14 bits per heavy atom. The Kier molecular flexibility index (Phi) is 4.54. The van der Waals surface area contributed by atoms with Crippen molar-refractivity contribution in [3.8, 4) is 0 Å². The maximum atomic E-state index is 13.2. The summed E-state index contributed by atoms with van der Waals surface area (Å²) in [5.41, 5.74) is 5.77. The summed E-state index contributed by atoms with van der Waals surface area (Å²) < 4.78 is 13.2. The number of carbonyl (C=O) groups is 2. The first-order valence-corrected chi connectivity index (χ1v) is 6.96. The third-order valence-corrected chi connectivity index (χ3v) is 3.82. The van der Waals surface area contributed by atoms with Gasteiger partial charge in [-0.2, -0.15) is 0 Å². The van der Waals surface area contributed by atoms with Crippen LogP contribution >= 0.6 is 11.3 Å². The van der Waals surface area contributed by atoms with Gasteiger partial charge in [-0.1, -0.05) is 6.07 Å². The number of nitrogens with one attached hydrogen (secondary N) is 1. The van der Waals surface area contributed by atoms with Crippen LogP contribution in [0.3, 0.4) is 0 Å². The molecule has 2 rings (SSSR count). The van der Waals surface area contributed by atoms with Crippen molar-refractivity contribution in [2.24, 2.45) is 0 Å². The third kappa shape index (κ3) is 3.79. The SMILES string of the molecule is Nc1ccc(F)cc1C(=O)NC(CC(=O)O)c1cccs1. The van der Waals surface area contributed by atoms with E-state index in [1.807, 2.05) is 0 Å². The van der Waals surface area contributed by atoms with E-state index in [1.54, 1.807) is 17.5 Å². The fourth-order valence-corrected chi connectivity index (χ4v) is 2.63. The number of halogens is 1. The van der Waals surface area contributed by atoms with Gasteiger partial charge in [0.25, 0.3) is 5.91 Å². The van der Waals surface area contributed by atoms with Crippen molar-refractivity contribution in [1.82, 2.24) is 5.32 Å². The van der Waals surface area contributed by atoms with Gasteiger partial charge in [-0.15, -0.1) is 11.3 Å². The van der Waals surface area contributed by atoms with E-state index in [2.05, 4.69) is 5.32 Å². The lowest BCUT2D eigenvalue weighted by molar-refractivity contribution is -0.137. The fraction of sp³-hybridized carbons (Fsp3) is 0.143. The van der Waals surface area contributed by atoms with E-state index in [0.29, 0.717) is 4.88 Å². The highest BCUT2D eigenvalue weighted by atomic mass is 32.1. The molecule has 7 heteroatoms. The smallest absolute Gasteiger partial charge is 0.305 e. The van der Waals surface area contributed by atoms with Crippen molar-refractivity contribution in [2.45, 2.75) is 12.5 Å². The molecule has 1 unspecified atom stereocenters. The maximum Gasteiger partial charge on any atom is 0.305 e. The van der Waals surface area contributed by atoms with Crippen molar-refractivity contribution < 1.29 is 19.1 Å². The van der Waals surface area contributed by atoms with Gasteiger partial charge < -0.3 is 16.2 Å². The van der Waals surface area contributed by atoms with E-state index < -0.39 is 23.7 Å². The summed E-state index contributed by atoms with van der Waals surface area (Å²) in [4.78, 5) is 23.8. The molecule has 0 aliphatic heterocycles. The molecule has 1 aromatic carbocycles. The fourth-order valence-electron chi connectivity index (χ4n) is 1.85. The van der Waals surface area contributed by atoms with Crippen LogP contribution in [-0.4, -0.2) is 17.0 Å². The third-order valence-electron chi connectivity index (χ3n) is 2.83. The van der Waals surface area contributed by atoms with E-state index in [-0.39, 0.29) is 17.7 Å². The summed E-state index contributed by atoms with van der Waals surface area (Å²) in [6, 6.07) is 6.28. The lowest BCUT2D eigenvalue weighted by Crippen LogP contribution is -2.30. The number of carboxylic acids is 1. The number of hydrogen-bond acceptors (Lipinski definition) is 4. The molecule has 0 fully saturated rings. The van der Waals surface area contributed by atoms with Gasteiger partial charge in [0.15, 0.2) is 0 Å². The molecule has 0 radical (unpaired) electrons. The summed E-state index contributed by atoms with van der Waals surface area (Å²) in [6.45, 7) is 0. The quantitative estimate of drug-likeness (QED) is 0.740. The number of rotatable bonds is 5. The molecule has 2 aromatic rings. The van der Waals surface area contributed by atoms with Crippen LogP contribution in [0.4, 0.5) is 10.1 Å². The molecule has 110 valence electrons. The highest BCUT2D eigenvalue weighted by molar-refractivity contribution is 7.10. The molecule has 0 saturated heterocycles. The summed E-state index contributed by atoms with van der Waals surface area (Å²) in [5, 5.41) is 13.3. The van der Waals surface area contributed by atoms with Gasteiger partial charge in [-0.05, 0) is 29.6 Å². The van der Waals surface area contributed by atoms with Crippen LogP contribution in [0.5, 0.6) is 0 Å². The summed E-state index contributed by atoms with van der Waals surface area (Å²) >= 11 is 1.33. The minimum absolute atomic E-state index is 0.0121. The Bertz CT molecular complexity index is 658. The zero-order valence-electron chi connectivity index (χ0n) is 10.9. The van der Waals surface area contributed by atoms with Crippen molar-refractivity contribution in [3.63, 3.8) is 0 Å². The lowest BCUT2D eigenvalue weighted by Gasteiger charge is -2.16. The molecule has 0 saturated carbocycles. The number of anilines is 1. The Balaban J connectivity index is 2.22. The Labute approximate surface area is 124 Å². The molecule has 1 heterocycles. The van der Waals surface area contributed by atoms with Crippen molar-refractivity contribution in [2.75, 3.05) is 5.73 Å². The van der Waals surface area contributed by atoms with Crippen LogP contribution in [0.25, 0.3) is 0 Å². The minimum atomic E-state index is -1.04. The van der Waals surface area contributed by atoms with Crippen LogP contribution in [0.2, 0.25) is 0 Å². The second-order valence-corrected chi connectivity index (χ2v) is 5.35. The first-order chi connectivity index (χ1) is 9.97. The summed E-state index contributed by atoms with van der Waals surface area (Å²) in [7, 11) is 0. The summed E-state index contributed by atoms with van der Waals surface area (Å²) in [6.07, 6.45) is -0.262. The highest BCUT2D eigenvalue weighted by Crippen LogP contribution is 2.23. The first-order valence-electron chi connectivity index (χ1n) is 6.08. The van der Waals surface area contributed by atoms with E-state index in [4.69, 9.17) is 10.8 Å². The van der Waals surface area contributed by atoms with Crippen LogP contribution in [-0.2, 0) is 4.79 Å². The Hall–Kier alpha value is -2.41. The molecule has 0 aliphatic rings. The van der Waals surface area contributed by atoms with Crippen molar-refractivity contribution in [3.05, 3.63) is 52.0 Å². The predicted molar refractivity (Wildman–Crippen MR) is 77.6 cm³/mol. The number of hydrogen-bond donors (Lipinski definition) is 3. The molecule has 21 heavy (non-hydrogen) atoms. The van der Waals surface area contributed by atoms with Gasteiger partial charge in [0, 0.05) is 10.6 Å². The number of carbonyl (C=O) groups excluding carboxylic acids is 1. The predicted octanol–water partition coefficient (Wildman–Crippen LogP) is 2.42. The normalized spacial score (nSPS) is 11.9. The van der Waals surface area contributed by atoms with E-state index >= 15 is 0 Å².